The van der Waals surface area contributed by atoms with Crippen LogP contribution in [0.25, 0.3) is 0 Å². The molecule has 2 rings (SSSR count). The van der Waals surface area contributed by atoms with E-state index in [1.54, 1.807) is 6.20 Å². The second-order valence-corrected chi connectivity index (χ2v) is 6.36. The van der Waals surface area contributed by atoms with Crippen molar-refractivity contribution in [1.29, 1.82) is 0 Å². The van der Waals surface area contributed by atoms with Crippen LogP contribution in [0.1, 0.15) is 26.3 Å². The molecule has 0 aliphatic rings. The van der Waals surface area contributed by atoms with Gasteiger partial charge in [0.1, 0.15) is 4.60 Å². The molecule has 0 aliphatic heterocycles. The molecule has 4 heteroatoms. The maximum atomic E-state index is 6.10. The van der Waals surface area contributed by atoms with E-state index in [0.717, 1.165) is 21.7 Å². The molecule has 2 aromatic rings. The van der Waals surface area contributed by atoms with Crippen LogP contribution in [-0.4, -0.2) is 4.98 Å². The largest absolute Gasteiger partial charge is 0.397 e. The van der Waals surface area contributed by atoms with Gasteiger partial charge in [-0.1, -0.05) is 26.8 Å². The van der Waals surface area contributed by atoms with E-state index < -0.39 is 0 Å². The van der Waals surface area contributed by atoms with E-state index in [1.807, 2.05) is 24.3 Å². The molecule has 0 radical (unpaired) electrons. The lowest BCUT2D eigenvalue weighted by atomic mass is 9.86. The minimum atomic E-state index is 0.103. The molecule has 0 unspecified atom stereocenters. The molecule has 3 N–H and O–H groups in total. The van der Waals surface area contributed by atoms with Gasteiger partial charge in [-0.2, -0.15) is 0 Å². The minimum Gasteiger partial charge on any atom is -0.397 e. The molecule has 19 heavy (non-hydrogen) atoms. The van der Waals surface area contributed by atoms with E-state index in [9.17, 15) is 0 Å². The molecule has 0 saturated carbocycles. The Kier molecular flexibility index (Phi) is 3.80. The number of nitrogens with zero attached hydrogens (tertiary/aromatic N) is 1. The Labute approximate surface area is 122 Å². The van der Waals surface area contributed by atoms with E-state index in [4.69, 9.17) is 5.73 Å². The van der Waals surface area contributed by atoms with Crippen molar-refractivity contribution in [2.75, 3.05) is 11.1 Å². The Morgan fingerprint density at radius 1 is 1.16 bits per heavy atom. The molecule has 0 atom stereocenters. The van der Waals surface area contributed by atoms with Gasteiger partial charge in [-0.3, -0.25) is 0 Å². The minimum absolute atomic E-state index is 0.103. The number of nitrogens with one attached hydrogen (secondary N) is 1. The number of aromatic nitrogens is 1. The summed E-state index contributed by atoms with van der Waals surface area (Å²) in [4.78, 5) is 4.18. The van der Waals surface area contributed by atoms with Crippen molar-refractivity contribution in [1.82, 2.24) is 4.98 Å². The van der Waals surface area contributed by atoms with Crippen LogP contribution in [-0.2, 0) is 5.41 Å². The van der Waals surface area contributed by atoms with Crippen molar-refractivity contribution in [2.24, 2.45) is 0 Å². The number of halogens is 1. The van der Waals surface area contributed by atoms with Gasteiger partial charge in [-0.25, -0.2) is 4.98 Å². The monoisotopic (exact) mass is 319 g/mol. The Morgan fingerprint density at radius 3 is 2.42 bits per heavy atom. The number of nitrogen functional groups attached to an aromatic ring is 1. The van der Waals surface area contributed by atoms with Gasteiger partial charge in [-0.05, 0) is 51.2 Å². The fourth-order valence-electron chi connectivity index (χ4n) is 1.75. The van der Waals surface area contributed by atoms with Gasteiger partial charge >= 0.3 is 0 Å². The van der Waals surface area contributed by atoms with Gasteiger partial charge in [0.25, 0.3) is 0 Å². The highest BCUT2D eigenvalue weighted by molar-refractivity contribution is 9.10. The zero-order valence-electron chi connectivity index (χ0n) is 11.4. The predicted molar refractivity (Wildman–Crippen MR) is 84.8 cm³/mol. The second-order valence-electron chi connectivity index (χ2n) is 5.55. The second kappa shape index (κ2) is 5.21. The van der Waals surface area contributed by atoms with Gasteiger partial charge < -0.3 is 11.1 Å². The molecular weight excluding hydrogens is 302 g/mol. The summed E-state index contributed by atoms with van der Waals surface area (Å²) in [6.45, 7) is 6.52. The van der Waals surface area contributed by atoms with Gasteiger partial charge in [0.15, 0.2) is 0 Å². The molecule has 0 saturated heterocycles. The first kappa shape index (κ1) is 13.9. The summed E-state index contributed by atoms with van der Waals surface area (Å²) >= 11 is 3.31. The molecule has 0 fully saturated rings. The quantitative estimate of drug-likeness (QED) is 0.634. The number of anilines is 3. The number of benzene rings is 1. The summed E-state index contributed by atoms with van der Waals surface area (Å²) in [5.74, 6) is 0. The molecule has 3 nitrogen and oxygen atoms in total. The zero-order valence-corrected chi connectivity index (χ0v) is 13.0. The highest BCUT2D eigenvalue weighted by Gasteiger charge is 2.14. The lowest BCUT2D eigenvalue weighted by Crippen LogP contribution is -2.11. The van der Waals surface area contributed by atoms with Crippen molar-refractivity contribution in [3.05, 3.63) is 46.7 Å². The third kappa shape index (κ3) is 3.47. The van der Waals surface area contributed by atoms with E-state index in [1.165, 1.54) is 5.56 Å². The summed E-state index contributed by atoms with van der Waals surface area (Å²) in [7, 11) is 0. The number of nitrogens with two attached hydrogens (primary N) is 1. The van der Waals surface area contributed by atoms with Gasteiger partial charge in [0, 0.05) is 0 Å². The van der Waals surface area contributed by atoms with E-state index >= 15 is 0 Å². The number of pyridine rings is 1. The third-order valence-electron chi connectivity index (χ3n) is 2.92. The van der Waals surface area contributed by atoms with Crippen LogP contribution in [0.4, 0.5) is 17.1 Å². The van der Waals surface area contributed by atoms with Crippen LogP contribution < -0.4 is 11.1 Å². The summed E-state index contributed by atoms with van der Waals surface area (Å²) in [5, 5.41) is 3.27. The Balaban J connectivity index is 2.24. The first-order valence-electron chi connectivity index (χ1n) is 6.15. The molecule has 0 bridgehead atoms. The molecule has 0 spiro atoms. The summed E-state index contributed by atoms with van der Waals surface area (Å²) in [6.07, 6.45) is 1.77. The van der Waals surface area contributed by atoms with E-state index in [2.05, 4.69) is 53.1 Å². The zero-order chi connectivity index (χ0) is 14.0. The Morgan fingerprint density at radius 2 is 1.89 bits per heavy atom. The van der Waals surface area contributed by atoms with Crippen molar-refractivity contribution < 1.29 is 0 Å². The van der Waals surface area contributed by atoms with E-state index in [0.29, 0.717) is 0 Å². The standard InChI is InChI=1S/C15H18BrN3/c1-15(2,3)10-4-6-13(12(17)8-10)19-11-5-7-14(16)18-9-11/h4-9,19H,17H2,1-3H3. The van der Waals surface area contributed by atoms with Gasteiger partial charge in [0.05, 0.1) is 23.3 Å². The maximum Gasteiger partial charge on any atom is 0.106 e. The van der Waals surface area contributed by atoms with Crippen LogP contribution in [0.15, 0.2) is 41.1 Å². The van der Waals surface area contributed by atoms with Gasteiger partial charge in [-0.15, -0.1) is 0 Å². The van der Waals surface area contributed by atoms with E-state index in [-0.39, 0.29) is 5.41 Å². The van der Waals surface area contributed by atoms with Crippen molar-refractivity contribution in [3.63, 3.8) is 0 Å². The smallest absolute Gasteiger partial charge is 0.106 e. The molecular formula is C15H18BrN3. The SMILES string of the molecule is CC(C)(C)c1ccc(Nc2ccc(Br)nc2)c(N)c1. The molecule has 100 valence electrons. The van der Waals surface area contributed by atoms with Gasteiger partial charge in [0.2, 0.25) is 0 Å². The molecule has 1 heterocycles. The lowest BCUT2D eigenvalue weighted by molar-refractivity contribution is 0.590. The fourth-order valence-corrected chi connectivity index (χ4v) is 1.98. The average molecular weight is 320 g/mol. The normalized spacial score (nSPS) is 11.4. The molecule has 0 aliphatic carbocycles. The highest BCUT2D eigenvalue weighted by Crippen LogP contribution is 2.29. The van der Waals surface area contributed by atoms with Crippen molar-refractivity contribution >= 4 is 33.0 Å². The highest BCUT2D eigenvalue weighted by atomic mass is 79.9. The molecule has 0 amide bonds. The number of hydrogen-bond acceptors (Lipinski definition) is 3. The molecule has 1 aromatic heterocycles. The topological polar surface area (TPSA) is 50.9 Å². The first-order valence-corrected chi connectivity index (χ1v) is 6.94. The summed E-state index contributed by atoms with van der Waals surface area (Å²) in [5.41, 5.74) is 9.99. The number of rotatable bonds is 2. The Bertz CT molecular complexity index is 571. The average Bonchev–Trinajstić information content (AvgIpc) is 2.33. The maximum absolute atomic E-state index is 6.10. The fraction of sp³-hybridized carbons (Fsp3) is 0.267. The first-order chi connectivity index (χ1) is 8.86. The molecule has 1 aromatic carbocycles. The lowest BCUT2D eigenvalue weighted by Gasteiger charge is -2.20. The van der Waals surface area contributed by atoms with Crippen LogP contribution >= 0.6 is 15.9 Å². The summed E-state index contributed by atoms with van der Waals surface area (Å²) in [6, 6.07) is 9.98. The number of hydrogen-bond donors (Lipinski definition) is 2. The van der Waals surface area contributed by atoms with Crippen LogP contribution in [0, 0.1) is 0 Å². The van der Waals surface area contributed by atoms with Crippen molar-refractivity contribution in [3.8, 4) is 0 Å². The summed E-state index contributed by atoms with van der Waals surface area (Å²) < 4.78 is 0.814. The van der Waals surface area contributed by atoms with Crippen molar-refractivity contribution in [2.45, 2.75) is 26.2 Å². The predicted octanol–water partition coefficient (Wildman–Crippen LogP) is 4.47. The van der Waals surface area contributed by atoms with Crippen LogP contribution in [0.5, 0.6) is 0 Å². The Hall–Kier alpha value is -1.55. The van der Waals surface area contributed by atoms with Crippen LogP contribution in [0.3, 0.4) is 0 Å². The van der Waals surface area contributed by atoms with Crippen LogP contribution in [0.2, 0.25) is 0 Å². The third-order valence-corrected chi connectivity index (χ3v) is 3.39.